The number of aromatic amines is 1. The average molecular weight is 389 g/mol. The molecule has 4 nitrogen and oxygen atoms in total. The molecule has 3 N–H and O–H groups in total. The van der Waals surface area contributed by atoms with Gasteiger partial charge in [0, 0.05) is 29.6 Å². The molecule has 0 spiro atoms. The molecule has 1 aromatic heterocycles. The van der Waals surface area contributed by atoms with Crippen LogP contribution in [0.25, 0.3) is 10.9 Å². The first-order valence-corrected chi connectivity index (χ1v) is 9.09. The van der Waals surface area contributed by atoms with Crippen LogP contribution in [0.5, 0.6) is 0 Å². The zero-order valence-electron chi connectivity index (χ0n) is 15.4. The molecule has 0 bridgehead atoms. The van der Waals surface area contributed by atoms with Crippen LogP contribution in [0, 0.1) is 0 Å². The number of nitrogens with one attached hydrogen (secondary N) is 3. The molecule has 3 aromatic rings. The first-order chi connectivity index (χ1) is 13.3. The maximum atomic E-state index is 13.0. The van der Waals surface area contributed by atoms with Crippen molar-refractivity contribution in [2.75, 3.05) is 11.9 Å². The van der Waals surface area contributed by atoms with Crippen molar-refractivity contribution >= 4 is 22.5 Å². The molecule has 0 radical (unpaired) electrons. The summed E-state index contributed by atoms with van der Waals surface area (Å²) in [6, 6.07) is 12.8. The van der Waals surface area contributed by atoms with Gasteiger partial charge in [0.2, 0.25) is 5.91 Å². The Morgan fingerprint density at radius 2 is 1.82 bits per heavy atom. The summed E-state index contributed by atoms with van der Waals surface area (Å²) < 4.78 is 39.0. The van der Waals surface area contributed by atoms with Crippen LogP contribution in [0.3, 0.4) is 0 Å². The van der Waals surface area contributed by atoms with Crippen molar-refractivity contribution in [3.63, 3.8) is 0 Å². The van der Waals surface area contributed by atoms with E-state index in [1.165, 1.54) is 29.1 Å². The molecule has 0 saturated carbocycles. The lowest BCUT2D eigenvalue weighted by molar-refractivity contribution is -0.137. The fourth-order valence-corrected chi connectivity index (χ4v) is 3.18. The first kappa shape index (κ1) is 19.9. The van der Waals surface area contributed by atoms with Crippen molar-refractivity contribution < 1.29 is 18.0 Å². The van der Waals surface area contributed by atoms with E-state index in [9.17, 15) is 18.0 Å². The summed E-state index contributed by atoms with van der Waals surface area (Å²) in [5.41, 5.74) is 1.20. The first-order valence-electron chi connectivity index (χ1n) is 9.09. The highest BCUT2D eigenvalue weighted by Crippen LogP contribution is 2.34. The van der Waals surface area contributed by atoms with Gasteiger partial charge in [-0.2, -0.15) is 13.2 Å². The van der Waals surface area contributed by atoms with Crippen LogP contribution in [0.15, 0.2) is 54.7 Å². The number of alkyl halides is 3. The van der Waals surface area contributed by atoms with Crippen molar-refractivity contribution in [2.24, 2.45) is 0 Å². The minimum atomic E-state index is -4.51. The second kappa shape index (κ2) is 8.48. The van der Waals surface area contributed by atoms with E-state index in [0.717, 1.165) is 18.0 Å². The molecule has 1 atom stereocenters. The Balaban J connectivity index is 1.50. The largest absolute Gasteiger partial charge is 0.418 e. The number of halogens is 3. The SMILES string of the molecule is CC(CC(=O)Nc1ccccc1C(F)(F)F)NCCc1c[nH]c2ccccc12. The number of para-hydroxylation sites is 2. The Hall–Kier alpha value is -2.80. The monoisotopic (exact) mass is 389 g/mol. The maximum absolute atomic E-state index is 13.0. The minimum Gasteiger partial charge on any atom is -0.361 e. The number of H-pyrrole nitrogens is 1. The Bertz CT molecular complexity index is 949. The summed E-state index contributed by atoms with van der Waals surface area (Å²) in [6.07, 6.45) is -1.67. The Kier molecular flexibility index (Phi) is 6.04. The van der Waals surface area contributed by atoms with Crippen molar-refractivity contribution in [3.8, 4) is 0 Å². The van der Waals surface area contributed by atoms with E-state index < -0.39 is 17.6 Å². The number of amides is 1. The molecule has 3 rings (SSSR count). The predicted molar refractivity (Wildman–Crippen MR) is 104 cm³/mol. The lowest BCUT2D eigenvalue weighted by atomic mass is 10.1. The predicted octanol–water partition coefficient (Wildman–Crippen LogP) is 4.74. The molecule has 0 fully saturated rings. The molecule has 0 saturated heterocycles. The summed E-state index contributed by atoms with van der Waals surface area (Å²) in [4.78, 5) is 15.4. The lowest BCUT2D eigenvalue weighted by Crippen LogP contribution is -2.32. The quantitative estimate of drug-likeness (QED) is 0.547. The van der Waals surface area contributed by atoms with Crippen LogP contribution in [-0.2, 0) is 17.4 Å². The van der Waals surface area contributed by atoms with Gasteiger partial charge >= 0.3 is 6.18 Å². The maximum Gasteiger partial charge on any atom is 0.418 e. The van der Waals surface area contributed by atoms with Gasteiger partial charge in [-0.05, 0) is 43.7 Å². The highest BCUT2D eigenvalue weighted by atomic mass is 19.4. The van der Waals surface area contributed by atoms with E-state index in [0.29, 0.717) is 6.54 Å². The molecular weight excluding hydrogens is 367 g/mol. The van der Waals surface area contributed by atoms with Gasteiger partial charge in [-0.1, -0.05) is 30.3 Å². The van der Waals surface area contributed by atoms with Crippen LogP contribution in [0.1, 0.15) is 24.5 Å². The van der Waals surface area contributed by atoms with Gasteiger partial charge in [-0.15, -0.1) is 0 Å². The second-order valence-corrected chi connectivity index (χ2v) is 6.76. The van der Waals surface area contributed by atoms with Gasteiger partial charge in [-0.25, -0.2) is 0 Å². The van der Waals surface area contributed by atoms with Crippen LogP contribution >= 0.6 is 0 Å². The zero-order chi connectivity index (χ0) is 20.1. The third-order valence-corrected chi connectivity index (χ3v) is 4.56. The van der Waals surface area contributed by atoms with Gasteiger partial charge in [-0.3, -0.25) is 4.79 Å². The highest BCUT2D eigenvalue weighted by Gasteiger charge is 2.33. The summed E-state index contributed by atoms with van der Waals surface area (Å²) in [7, 11) is 0. The van der Waals surface area contributed by atoms with Crippen molar-refractivity contribution in [1.29, 1.82) is 0 Å². The number of hydrogen-bond acceptors (Lipinski definition) is 2. The summed E-state index contributed by atoms with van der Waals surface area (Å²) in [5.74, 6) is -0.455. The van der Waals surface area contributed by atoms with E-state index >= 15 is 0 Å². The van der Waals surface area contributed by atoms with Crippen LogP contribution in [0.4, 0.5) is 18.9 Å². The molecule has 7 heteroatoms. The molecular formula is C21H22F3N3O. The van der Waals surface area contributed by atoms with Crippen molar-refractivity contribution in [3.05, 3.63) is 65.9 Å². The van der Waals surface area contributed by atoms with E-state index in [2.05, 4.69) is 21.7 Å². The third-order valence-electron chi connectivity index (χ3n) is 4.56. The number of rotatable bonds is 7. The molecule has 148 valence electrons. The Morgan fingerprint density at radius 3 is 2.61 bits per heavy atom. The molecule has 0 aliphatic carbocycles. The van der Waals surface area contributed by atoms with Crippen LogP contribution < -0.4 is 10.6 Å². The number of anilines is 1. The van der Waals surface area contributed by atoms with Crippen molar-refractivity contribution in [2.45, 2.75) is 32.0 Å². The average Bonchev–Trinajstić information content (AvgIpc) is 3.04. The lowest BCUT2D eigenvalue weighted by Gasteiger charge is -2.16. The van der Waals surface area contributed by atoms with Gasteiger partial charge in [0.1, 0.15) is 0 Å². The summed E-state index contributed by atoms with van der Waals surface area (Å²) >= 11 is 0. The number of hydrogen-bond donors (Lipinski definition) is 3. The minimum absolute atomic E-state index is 0.0834. The normalized spacial score (nSPS) is 12.9. The molecule has 0 aliphatic heterocycles. The number of aromatic nitrogens is 1. The van der Waals surface area contributed by atoms with E-state index in [-0.39, 0.29) is 18.2 Å². The van der Waals surface area contributed by atoms with Gasteiger partial charge in [0.25, 0.3) is 0 Å². The molecule has 0 aliphatic rings. The molecule has 2 aromatic carbocycles. The third kappa shape index (κ3) is 4.92. The van der Waals surface area contributed by atoms with Gasteiger partial charge < -0.3 is 15.6 Å². The standard InChI is InChI=1S/C21H22F3N3O/c1-14(25-11-10-15-13-26-18-8-4-2-6-16(15)18)12-20(28)27-19-9-5-3-7-17(19)21(22,23)24/h2-9,13-14,25-26H,10-12H2,1H3,(H,27,28). The Morgan fingerprint density at radius 1 is 1.11 bits per heavy atom. The fraction of sp³-hybridized carbons (Fsp3) is 0.286. The van der Waals surface area contributed by atoms with Gasteiger partial charge in [0.05, 0.1) is 11.3 Å². The molecule has 1 amide bonds. The van der Waals surface area contributed by atoms with E-state index in [1.807, 2.05) is 31.3 Å². The number of fused-ring (bicyclic) bond motifs is 1. The second-order valence-electron chi connectivity index (χ2n) is 6.76. The van der Waals surface area contributed by atoms with E-state index in [4.69, 9.17) is 0 Å². The van der Waals surface area contributed by atoms with Crippen LogP contribution in [0.2, 0.25) is 0 Å². The molecule has 28 heavy (non-hydrogen) atoms. The molecule has 1 heterocycles. The smallest absolute Gasteiger partial charge is 0.361 e. The number of carbonyl (C=O) groups excluding carboxylic acids is 1. The number of benzene rings is 2. The topological polar surface area (TPSA) is 56.9 Å². The summed E-state index contributed by atoms with van der Waals surface area (Å²) in [5, 5.41) is 6.79. The highest BCUT2D eigenvalue weighted by molar-refractivity contribution is 5.92. The summed E-state index contributed by atoms with van der Waals surface area (Å²) in [6.45, 7) is 2.50. The number of carbonyl (C=O) groups is 1. The zero-order valence-corrected chi connectivity index (χ0v) is 15.4. The van der Waals surface area contributed by atoms with E-state index in [1.54, 1.807) is 0 Å². The van der Waals surface area contributed by atoms with Gasteiger partial charge in [0.15, 0.2) is 0 Å². The van der Waals surface area contributed by atoms with Crippen LogP contribution in [-0.4, -0.2) is 23.5 Å². The molecule has 1 unspecified atom stereocenters. The fourth-order valence-electron chi connectivity index (χ4n) is 3.18. The van der Waals surface area contributed by atoms with Crippen molar-refractivity contribution in [1.82, 2.24) is 10.3 Å². The Labute approximate surface area is 161 Å².